The Morgan fingerprint density at radius 2 is 2.25 bits per heavy atom. The van der Waals surface area contributed by atoms with Crippen molar-refractivity contribution in [2.45, 2.75) is 19.3 Å². The second-order valence-corrected chi connectivity index (χ2v) is 6.24. The predicted octanol–water partition coefficient (Wildman–Crippen LogP) is 1.63. The SMILES string of the molecule is COCc1nc(-c2ccc3c(c2)OCC3NC(=O)c2cc(CO)ccn2)no1. The van der Waals surface area contributed by atoms with E-state index in [4.69, 9.17) is 14.0 Å². The Kier molecular flexibility index (Phi) is 5.00. The van der Waals surface area contributed by atoms with Gasteiger partial charge in [-0.15, -0.1) is 0 Å². The molecule has 4 rings (SSSR count). The highest BCUT2D eigenvalue weighted by atomic mass is 16.5. The molecule has 3 aromatic rings. The first-order valence-corrected chi connectivity index (χ1v) is 8.63. The number of fused-ring (bicyclic) bond motifs is 1. The molecule has 0 bridgehead atoms. The standard InChI is InChI=1S/C19H18N4O5/c1-26-10-17-22-18(23-28-17)12-2-3-13-15(9-27-16(13)7-12)21-19(25)14-6-11(8-24)4-5-20-14/h2-7,15,24H,8-10H2,1H3,(H,21,25). The Balaban J connectivity index is 1.50. The van der Waals surface area contributed by atoms with Gasteiger partial charge in [0, 0.05) is 24.4 Å². The van der Waals surface area contributed by atoms with Gasteiger partial charge in [0.15, 0.2) is 0 Å². The number of pyridine rings is 1. The van der Waals surface area contributed by atoms with Crippen LogP contribution in [0.2, 0.25) is 0 Å². The number of hydrogen-bond donors (Lipinski definition) is 2. The molecule has 9 nitrogen and oxygen atoms in total. The zero-order valence-corrected chi connectivity index (χ0v) is 15.1. The lowest BCUT2D eigenvalue weighted by atomic mass is 10.1. The molecule has 0 spiro atoms. The minimum Gasteiger partial charge on any atom is -0.491 e. The molecule has 28 heavy (non-hydrogen) atoms. The summed E-state index contributed by atoms with van der Waals surface area (Å²) in [6, 6.07) is 8.44. The Bertz CT molecular complexity index is 1000. The van der Waals surface area contributed by atoms with E-state index in [0.717, 1.165) is 11.1 Å². The van der Waals surface area contributed by atoms with Gasteiger partial charge in [0.2, 0.25) is 5.82 Å². The highest BCUT2D eigenvalue weighted by Gasteiger charge is 2.27. The largest absolute Gasteiger partial charge is 0.491 e. The first-order chi connectivity index (χ1) is 13.7. The number of aliphatic hydroxyl groups excluding tert-OH is 1. The molecular formula is C19H18N4O5. The third-order valence-corrected chi connectivity index (χ3v) is 4.33. The summed E-state index contributed by atoms with van der Waals surface area (Å²) in [5.74, 6) is 1.15. The quantitative estimate of drug-likeness (QED) is 0.660. The Labute approximate surface area is 160 Å². The molecule has 0 saturated carbocycles. The number of carbonyl (C=O) groups is 1. The van der Waals surface area contributed by atoms with E-state index < -0.39 is 0 Å². The maximum absolute atomic E-state index is 12.5. The highest BCUT2D eigenvalue weighted by molar-refractivity contribution is 5.92. The van der Waals surface area contributed by atoms with Crippen LogP contribution in [0.3, 0.4) is 0 Å². The van der Waals surface area contributed by atoms with Crippen LogP contribution in [0.15, 0.2) is 41.1 Å². The molecule has 3 heterocycles. The fraction of sp³-hybridized carbons (Fsp3) is 0.263. The number of nitrogens with zero attached hydrogens (tertiary/aromatic N) is 3. The number of methoxy groups -OCH3 is 1. The molecule has 0 fully saturated rings. The maximum Gasteiger partial charge on any atom is 0.270 e. The van der Waals surface area contributed by atoms with Crippen LogP contribution in [0.1, 0.15) is 33.5 Å². The third-order valence-electron chi connectivity index (χ3n) is 4.33. The van der Waals surface area contributed by atoms with Gasteiger partial charge in [-0.2, -0.15) is 4.98 Å². The summed E-state index contributed by atoms with van der Waals surface area (Å²) in [4.78, 5) is 20.8. The molecular weight excluding hydrogens is 364 g/mol. The first-order valence-electron chi connectivity index (χ1n) is 8.63. The molecule has 1 amide bonds. The maximum atomic E-state index is 12.5. The topological polar surface area (TPSA) is 120 Å². The summed E-state index contributed by atoms with van der Waals surface area (Å²) in [6.45, 7) is 0.405. The van der Waals surface area contributed by atoms with Crippen molar-refractivity contribution >= 4 is 5.91 Å². The fourth-order valence-corrected chi connectivity index (χ4v) is 2.95. The van der Waals surface area contributed by atoms with E-state index in [1.807, 2.05) is 18.2 Å². The number of aromatic nitrogens is 3. The van der Waals surface area contributed by atoms with Crippen LogP contribution in [0.4, 0.5) is 0 Å². The van der Waals surface area contributed by atoms with E-state index in [9.17, 15) is 9.90 Å². The van der Waals surface area contributed by atoms with Crippen molar-refractivity contribution in [2.75, 3.05) is 13.7 Å². The third kappa shape index (κ3) is 3.57. The van der Waals surface area contributed by atoms with Gasteiger partial charge in [0.05, 0.1) is 12.6 Å². The molecule has 2 aromatic heterocycles. The van der Waals surface area contributed by atoms with Crippen LogP contribution < -0.4 is 10.1 Å². The van der Waals surface area contributed by atoms with Gasteiger partial charge in [-0.05, 0) is 23.8 Å². The Hall–Kier alpha value is -3.30. The van der Waals surface area contributed by atoms with Crippen LogP contribution in [0, 0.1) is 0 Å². The molecule has 2 N–H and O–H groups in total. The van der Waals surface area contributed by atoms with Crippen molar-refractivity contribution < 1.29 is 23.9 Å². The summed E-state index contributed by atoms with van der Waals surface area (Å²) in [5, 5.41) is 16.0. The number of amides is 1. The zero-order chi connectivity index (χ0) is 19.5. The monoisotopic (exact) mass is 382 g/mol. The smallest absolute Gasteiger partial charge is 0.270 e. The van der Waals surface area contributed by atoms with Crippen LogP contribution in [-0.4, -0.2) is 39.9 Å². The zero-order valence-electron chi connectivity index (χ0n) is 15.1. The summed E-state index contributed by atoms with van der Waals surface area (Å²) >= 11 is 0. The van der Waals surface area contributed by atoms with Crippen molar-refractivity contribution in [1.82, 2.24) is 20.4 Å². The summed E-state index contributed by atoms with van der Waals surface area (Å²) in [5.41, 5.74) is 2.47. The van der Waals surface area contributed by atoms with Crippen molar-refractivity contribution in [3.8, 4) is 17.1 Å². The molecule has 1 aliphatic rings. The highest BCUT2D eigenvalue weighted by Crippen LogP contribution is 2.35. The van der Waals surface area contributed by atoms with E-state index in [0.29, 0.717) is 29.6 Å². The van der Waals surface area contributed by atoms with Crippen LogP contribution in [0.25, 0.3) is 11.4 Å². The van der Waals surface area contributed by atoms with E-state index in [2.05, 4.69) is 20.4 Å². The van der Waals surface area contributed by atoms with Crippen LogP contribution >= 0.6 is 0 Å². The molecule has 0 saturated heterocycles. The van der Waals surface area contributed by atoms with Gasteiger partial charge >= 0.3 is 0 Å². The number of rotatable bonds is 6. The molecule has 9 heteroatoms. The fourth-order valence-electron chi connectivity index (χ4n) is 2.95. The number of benzene rings is 1. The van der Waals surface area contributed by atoms with Crippen molar-refractivity contribution in [1.29, 1.82) is 0 Å². The number of ether oxygens (including phenoxy) is 2. The molecule has 1 aromatic carbocycles. The van der Waals surface area contributed by atoms with E-state index in [1.165, 1.54) is 6.20 Å². The van der Waals surface area contributed by atoms with Gasteiger partial charge in [-0.25, -0.2) is 0 Å². The summed E-state index contributed by atoms with van der Waals surface area (Å²) in [7, 11) is 1.55. The average Bonchev–Trinajstić information content (AvgIpc) is 3.35. The Morgan fingerprint density at radius 3 is 3.07 bits per heavy atom. The number of hydrogen-bond acceptors (Lipinski definition) is 8. The molecule has 0 radical (unpaired) electrons. The van der Waals surface area contributed by atoms with Gasteiger partial charge in [0.1, 0.15) is 24.7 Å². The lowest BCUT2D eigenvalue weighted by Gasteiger charge is -2.11. The van der Waals surface area contributed by atoms with E-state index in [1.54, 1.807) is 19.2 Å². The lowest BCUT2D eigenvalue weighted by Crippen LogP contribution is -2.30. The van der Waals surface area contributed by atoms with Gasteiger partial charge in [-0.1, -0.05) is 17.3 Å². The Morgan fingerprint density at radius 1 is 1.36 bits per heavy atom. The summed E-state index contributed by atoms with van der Waals surface area (Å²) in [6.07, 6.45) is 1.49. The van der Waals surface area contributed by atoms with Crippen molar-refractivity contribution in [3.05, 3.63) is 59.2 Å². The second kappa shape index (κ2) is 7.75. The molecule has 1 atom stereocenters. The molecule has 144 valence electrons. The minimum absolute atomic E-state index is 0.150. The average molecular weight is 382 g/mol. The van der Waals surface area contributed by atoms with Gasteiger partial charge in [0.25, 0.3) is 11.8 Å². The van der Waals surface area contributed by atoms with E-state index >= 15 is 0 Å². The minimum atomic E-state index is -0.330. The van der Waals surface area contributed by atoms with E-state index in [-0.39, 0.29) is 30.9 Å². The molecule has 0 aliphatic carbocycles. The predicted molar refractivity (Wildman–Crippen MR) is 96.3 cm³/mol. The number of carbonyl (C=O) groups excluding carboxylic acids is 1. The van der Waals surface area contributed by atoms with Crippen molar-refractivity contribution in [2.24, 2.45) is 0 Å². The molecule has 1 aliphatic heterocycles. The first kappa shape index (κ1) is 18.1. The van der Waals surface area contributed by atoms with Crippen LogP contribution in [0.5, 0.6) is 5.75 Å². The normalized spacial score (nSPS) is 15.1. The molecule has 1 unspecified atom stereocenters. The second-order valence-electron chi connectivity index (χ2n) is 6.24. The van der Waals surface area contributed by atoms with Gasteiger partial charge in [-0.3, -0.25) is 9.78 Å². The van der Waals surface area contributed by atoms with Gasteiger partial charge < -0.3 is 24.4 Å². The summed E-state index contributed by atoms with van der Waals surface area (Å²) < 4.78 is 15.8. The number of nitrogens with one attached hydrogen (secondary N) is 1. The lowest BCUT2D eigenvalue weighted by molar-refractivity contribution is 0.0925. The van der Waals surface area contributed by atoms with Crippen LogP contribution in [-0.2, 0) is 18.0 Å². The van der Waals surface area contributed by atoms with Crippen molar-refractivity contribution in [3.63, 3.8) is 0 Å². The number of aliphatic hydroxyl groups is 1.